The number of hydrogen-bond acceptors (Lipinski definition) is 5. The molecule has 0 bridgehead atoms. The molecule has 1 aromatic carbocycles. The number of methoxy groups -OCH3 is 1. The number of carbonyl (C=O) groups excluding carboxylic acids is 1. The van der Waals surface area contributed by atoms with E-state index in [9.17, 15) is 17.6 Å². The number of hydrogen-bond donors (Lipinski definition) is 1. The smallest absolute Gasteiger partial charge is 0.227 e. The van der Waals surface area contributed by atoms with Gasteiger partial charge in [-0.25, -0.2) is 17.5 Å². The fourth-order valence-electron chi connectivity index (χ4n) is 3.81. The van der Waals surface area contributed by atoms with E-state index in [4.69, 9.17) is 9.47 Å². The van der Waals surface area contributed by atoms with Gasteiger partial charge in [0.2, 0.25) is 15.9 Å². The second-order valence-corrected chi connectivity index (χ2v) is 9.02. The lowest BCUT2D eigenvalue weighted by Crippen LogP contribution is -2.47. The molecule has 0 radical (unpaired) electrons. The Labute approximate surface area is 158 Å². The van der Waals surface area contributed by atoms with Crippen LogP contribution in [-0.4, -0.2) is 64.9 Å². The molecule has 0 unspecified atom stereocenters. The number of fused-ring (bicyclic) bond motifs is 1. The highest BCUT2D eigenvalue weighted by atomic mass is 32.2. The van der Waals surface area contributed by atoms with Crippen LogP contribution in [0.2, 0.25) is 0 Å². The van der Waals surface area contributed by atoms with Crippen LogP contribution in [0.4, 0.5) is 4.39 Å². The molecule has 2 heterocycles. The van der Waals surface area contributed by atoms with Crippen LogP contribution < -0.4 is 9.46 Å². The number of benzene rings is 1. The molecule has 7 nitrogen and oxygen atoms in total. The minimum absolute atomic E-state index is 0.0697. The van der Waals surface area contributed by atoms with Crippen LogP contribution >= 0.6 is 0 Å². The van der Waals surface area contributed by atoms with Crippen molar-refractivity contribution in [2.75, 3.05) is 39.6 Å². The van der Waals surface area contributed by atoms with Crippen LogP contribution in [0.25, 0.3) is 0 Å². The molecular formula is C18H25FN2O5S. The summed E-state index contributed by atoms with van der Waals surface area (Å²) in [6.45, 7) is 1.96. The summed E-state index contributed by atoms with van der Waals surface area (Å²) in [5.74, 6) is 0.0251. The number of likely N-dealkylation sites (tertiary alicyclic amines) is 1. The average molecular weight is 400 g/mol. The molecule has 1 N–H and O–H groups in total. The molecule has 2 aliphatic rings. The molecule has 0 spiro atoms. The molecule has 0 aromatic heterocycles. The van der Waals surface area contributed by atoms with Crippen LogP contribution in [0.1, 0.15) is 12.0 Å². The summed E-state index contributed by atoms with van der Waals surface area (Å²) in [6.07, 6.45) is 1.82. The average Bonchev–Trinajstić information content (AvgIpc) is 3.02. The van der Waals surface area contributed by atoms with E-state index >= 15 is 0 Å². The minimum Gasteiger partial charge on any atom is -0.494 e. The standard InChI is InChI=1S/C18H25FN2O5S/c1-25-16-4-3-12(7-15(16)19)8-18(22)21-6-5-13-11-26-17(14(13)10-21)9-20-27(2,23)24/h3-4,7,13-14,17,20H,5-6,8-11H2,1-2H3/t13-,14-,17+/m0/s1. The predicted molar refractivity (Wildman–Crippen MR) is 97.4 cm³/mol. The Hall–Kier alpha value is -1.71. The number of nitrogens with one attached hydrogen (secondary N) is 1. The zero-order valence-electron chi connectivity index (χ0n) is 15.5. The van der Waals surface area contributed by atoms with E-state index < -0.39 is 15.8 Å². The molecule has 3 atom stereocenters. The molecule has 3 rings (SSSR count). The maximum absolute atomic E-state index is 13.8. The molecule has 27 heavy (non-hydrogen) atoms. The number of piperidine rings is 1. The van der Waals surface area contributed by atoms with E-state index in [2.05, 4.69) is 4.72 Å². The molecule has 0 aliphatic carbocycles. The van der Waals surface area contributed by atoms with Crippen molar-refractivity contribution in [2.45, 2.75) is 18.9 Å². The summed E-state index contributed by atoms with van der Waals surface area (Å²) >= 11 is 0. The zero-order chi connectivity index (χ0) is 19.6. The topological polar surface area (TPSA) is 84.9 Å². The summed E-state index contributed by atoms with van der Waals surface area (Å²) in [7, 11) is -1.89. The second-order valence-electron chi connectivity index (χ2n) is 7.19. The Bertz CT molecular complexity index is 801. The Balaban J connectivity index is 1.61. The summed E-state index contributed by atoms with van der Waals surface area (Å²) < 4.78 is 49.6. The normalized spacial score (nSPS) is 25.3. The van der Waals surface area contributed by atoms with Gasteiger partial charge in [0.05, 0.1) is 32.5 Å². The van der Waals surface area contributed by atoms with Gasteiger partial charge in [-0.15, -0.1) is 0 Å². The van der Waals surface area contributed by atoms with Crippen LogP contribution in [0.5, 0.6) is 5.75 Å². The SMILES string of the molecule is COc1ccc(CC(=O)N2CC[C@H]3CO[C@H](CNS(C)(=O)=O)[C@H]3C2)cc1F. The van der Waals surface area contributed by atoms with E-state index in [0.29, 0.717) is 31.2 Å². The quantitative estimate of drug-likeness (QED) is 0.763. The van der Waals surface area contributed by atoms with Gasteiger partial charge < -0.3 is 14.4 Å². The number of nitrogens with zero attached hydrogens (tertiary/aromatic N) is 1. The van der Waals surface area contributed by atoms with Gasteiger partial charge in [-0.05, 0) is 30.0 Å². The first-order valence-corrected chi connectivity index (χ1v) is 10.8. The molecule has 1 amide bonds. The van der Waals surface area contributed by atoms with Crippen LogP contribution in [0, 0.1) is 17.7 Å². The maximum atomic E-state index is 13.8. The predicted octanol–water partition coefficient (Wildman–Crippen LogP) is 0.790. The van der Waals surface area contributed by atoms with Crippen molar-refractivity contribution in [3.05, 3.63) is 29.6 Å². The molecule has 150 valence electrons. The van der Waals surface area contributed by atoms with Gasteiger partial charge in [-0.2, -0.15) is 0 Å². The highest BCUT2D eigenvalue weighted by Gasteiger charge is 2.42. The lowest BCUT2D eigenvalue weighted by Gasteiger charge is -2.36. The minimum atomic E-state index is -3.29. The molecule has 9 heteroatoms. The fourth-order valence-corrected chi connectivity index (χ4v) is 4.27. The van der Waals surface area contributed by atoms with Gasteiger partial charge in [-0.3, -0.25) is 4.79 Å². The first-order valence-electron chi connectivity index (χ1n) is 8.93. The largest absolute Gasteiger partial charge is 0.494 e. The van der Waals surface area contributed by atoms with Gasteiger partial charge in [0, 0.05) is 25.6 Å². The van der Waals surface area contributed by atoms with Crippen LogP contribution in [-0.2, 0) is 26.0 Å². The van der Waals surface area contributed by atoms with Crippen molar-refractivity contribution in [3.63, 3.8) is 0 Å². The van der Waals surface area contributed by atoms with Crippen molar-refractivity contribution < 1.29 is 27.1 Å². The first kappa shape index (κ1) is 20.0. The first-order chi connectivity index (χ1) is 12.8. The number of halogens is 1. The Morgan fingerprint density at radius 1 is 1.44 bits per heavy atom. The highest BCUT2D eigenvalue weighted by molar-refractivity contribution is 7.88. The summed E-state index contributed by atoms with van der Waals surface area (Å²) in [6, 6.07) is 4.52. The van der Waals surface area contributed by atoms with E-state index in [0.717, 1.165) is 12.7 Å². The third-order valence-corrected chi connectivity index (χ3v) is 5.97. The van der Waals surface area contributed by atoms with Crippen molar-refractivity contribution in [1.82, 2.24) is 9.62 Å². The fraction of sp³-hybridized carbons (Fsp3) is 0.611. The second kappa shape index (κ2) is 8.12. The molecule has 2 aliphatic heterocycles. The number of carbonyl (C=O) groups is 1. The zero-order valence-corrected chi connectivity index (χ0v) is 16.3. The number of amides is 1. The van der Waals surface area contributed by atoms with Crippen LogP contribution in [0.15, 0.2) is 18.2 Å². The van der Waals surface area contributed by atoms with Crippen molar-refractivity contribution >= 4 is 15.9 Å². The van der Waals surface area contributed by atoms with E-state index in [-0.39, 0.29) is 36.6 Å². The van der Waals surface area contributed by atoms with E-state index in [1.165, 1.54) is 19.2 Å². The maximum Gasteiger partial charge on any atom is 0.227 e. The number of sulfonamides is 1. The summed E-state index contributed by atoms with van der Waals surface area (Å²) in [5.41, 5.74) is 0.596. The monoisotopic (exact) mass is 400 g/mol. The summed E-state index contributed by atoms with van der Waals surface area (Å²) in [4.78, 5) is 14.4. The van der Waals surface area contributed by atoms with Crippen molar-refractivity contribution in [2.24, 2.45) is 11.8 Å². The summed E-state index contributed by atoms with van der Waals surface area (Å²) in [5, 5.41) is 0. The third kappa shape index (κ3) is 4.97. The van der Waals surface area contributed by atoms with Gasteiger partial charge in [-0.1, -0.05) is 6.07 Å². The lowest BCUT2D eigenvalue weighted by atomic mass is 9.84. The van der Waals surface area contributed by atoms with Gasteiger partial charge >= 0.3 is 0 Å². The third-order valence-electron chi connectivity index (χ3n) is 5.28. The van der Waals surface area contributed by atoms with Gasteiger partial charge in [0.1, 0.15) is 0 Å². The highest BCUT2D eigenvalue weighted by Crippen LogP contribution is 2.34. The lowest BCUT2D eigenvalue weighted by molar-refractivity contribution is -0.133. The van der Waals surface area contributed by atoms with E-state index in [1.807, 2.05) is 0 Å². The van der Waals surface area contributed by atoms with Crippen molar-refractivity contribution in [1.29, 1.82) is 0 Å². The Morgan fingerprint density at radius 3 is 2.89 bits per heavy atom. The van der Waals surface area contributed by atoms with Gasteiger partial charge in [0.15, 0.2) is 11.6 Å². The van der Waals surface area contributed by atoms with Crippen LogP contribution in [0.3, 0.4) is 0 Å². The van der Waals surface area contributed by atoms with Crippen molar-refractivity contribution in [3.8, 4) is 5.75 Å². The molecular weight excluding hydrogens is 375 g/mol. The molecule has 1 aromatic rings. The number of rotatable bonds is 6. The van der Waals surface area contributed by atoms with Gasteiger partial charge in [0.25, 0.3) is 0 Å². The number of ether oxygens (including phenoxy) is 2. The molecule has 2 fully saturated rings. The Morgan fingerprint density at radius 2 is 2.22 bits per heavy atom. The molecule has 2 saturated heterocycles. The van der Waals surface area contributed by atoms with E-state index in [1.54, 1.807) is 11.0 Å². The Kier molecular flexibility index (Phi) is 6.02. The molecule has 0 saturated carbocycles.